The van der Waals surface area contributed by atoms with Crippen molar-refractivity contribution >= 4 is 33.7 Å². The smallest absolute Gasteiger partial charge is 0.198 e. The third kappa shape index (κ3) is 4.00. The van der Waals surface area contributed by atoms with Gasteiger partial charge in [0.1, 0.15) is 11.6 Å². The number of nitrogens with zero attached hydrogens (tertiary/aromatic N) is 4. The first kappa shape index (κ1) is 19.5. The summed E-state index contributed by atoms with van der Waals surface area (Å²) in [5, 5.41) is 4.90. The molecule has 1 saturated heterocycles. The maximum Gasteiger partial charge on any atom is 0.198 e. The number of benzene rings is 1. The molecule has 2 heterocycles. The number of aromatic nitrogens is 3. The molecule has 142 valence electrons. The second kappa shape index (κ2) is 7.38. The minimum absolute atomic E-state index is 0.104. The zero-order chi connectivity index (χ0) is 19.1. The van der Waals surface area contributed by atoms with Crippen LogP contribution in [0.15, 0.2) is 18.2 Å². The Kier molecular flexibility index (Phi) is 5.53. The van der Waals surface area contributed by atoms with Gasteiger partial charge in [0.2, 0.25) is 0 Å². The van der Waals surface area contributed by atoms with E-state index in [9.17, 15) is 12.8 Å². The molecule has 0 aliphatic carbocycles. The van der Waals surface area contributed by atoms with Gasteiger partial charge < -0.3 is 4.57 Å². The van der Waals surface area contributed by atoms with Gasteiger partial charge in [-0.2, -0.15) is 5.10 Å². The minimum atomic E-state index is -3.00. The van der Waals surface area contributed by atoms with E-state index < -0.39 is 9.84 Å². The molecule has 3 rings (SSSR count). The van der Waals surface area contributed by atoms with Crippen LogP contribution in [0, 0.1) is 10.6 Å². The predicted octanol–water partition coefficient (Wildman–Crippen LogP) is 2.74. The Balaban J connectivity index is 1.78. The molecule has 0 saturated carbocycles. The molecule has 0 spiro atoms. The molecule has 0 amide bonds. The Morgan fingerprint density at radius 3 is 2.81 bits per heavy atom. The molecule has 0 unspecified atom stereocenters. The van der Waals surface area contributed by atoms with Gasteiger partial charge in [-0.1, -0.05) is 17.7 Å². The van der Waals surface area contributed by atoms with Gasteiger partial charge in [0.25, 0.3) is 0 Å². The maximum atomic E-state index is 14.0. The summed E-state index contributed by atoms with van der Waals surface area (Å²) in [4.78, 5) is 1.85. The third-order valence-electron chi connectivity index (χ3n) is 4.54. The van der Waals surface area contributed by atoms with Gasteiger partial charge in [0, 0.05) is 30.1 Å². The Morgan fingerprint density at radius 1 is 1.46 bits per heavy atom. The molecule has 1 atom stereocenters. The van der Waals surface area contributed by atoms with Crippen molar-refractivity contribution in [2.75, 3.05) is 18.6 Å². The van der Waals surface area contributed by atoms with Gasteiger partial charge >= 0.3 is 0 Å². The Bertz CT molecular complexity index is 966. The van der Waals surface area contributed by atoms with Crippen molar-refractivity contribution in [3.63, 3.8) is 0 Å². The summed E-state index contributed by atoms with van der Waals surface area (Å²) in [5.41, 5.74) is 0.418. The first-order valence-corrected chi connectivity index (χ1v) is 10.7. The molecule has 1 fully saturated rings. The van der Waals surface area contributed by atoms with Gasteiger partial charge in [-0.25, -0.2) is 17.5 Å². The van der Waals surface area contributed by atoms with Crippen molar-refractivity contribution in [2.45, 2.75) is 25.6 Å². The van der Waals surface area contributed by atoms with E-state index in [1.54, 1.807) is 28.4 Å². The highest BCUT2D eigenvalue weighted by molar-refractivity contribution is 7.91. The average molecular weight is 419 g/mol. The number of hydrogen-bond acceptors (Lipinski definition) is 5. The quantitative estimate of drug-likeness (QED) is 0.699. The van der Waals surface area contributed by atoms with Crippen molar-refractivity contribution < 1.29 is 12.8 Å². The largest absolute Gasteiger partial charge is 0.307 e. The van der Waals surface area contributed by atoms with E-state index in [1.165, 1.54) is 6.07 Å². The number of rotatable bonds is 5. The van der Waals surface area contributed by atoms with E-state index in [-0.39, 0.29) is 23.2 Å². The molecule has 1 aromatic carbocycles. The zero-order valence-corrected chi connectivity index (χ0v) is 16.9. The molecule has 2 aromatic rings. The second-order valence-corrected chi connectivity index (χ2v) is 9.66. The van der Waals surface area contributed by atoms with Crippen LogP contribution in [0.3, 0.4) is 0 Å². The van der Waals surface area contributed by atoms with E-state index >= 15 is 0 Å². The van der Waals surface area contributed by atoms with Crippen LogP contribution in [-0.2, 0) is 30.1 Å². The first-order valence-electron chi connectivity index (χ1n) is 8.13. The third-order valence-corrected chi connectivity index (χ3v) is 7.14. The summed E-state index contributed by atoms with van der Waals surface area (Å²) in [6, 6.07) is 4.59. The molecule has 10 heteroatoms. The highest BCUT2D eigenvalue weighted by Gasteiger charge is 2.32. The van der Waals surface area contributed by atoms with Crippen LogP contribution in [0.1, 0.15) is 23.7 Å². The van der Waals surface area contributed by atoms with Crippen LogP contribution < -0.4 is 0 Å². The highest BCUT2D eigenvalue weighted by atomic mass is 35.5. The Morgan fingerprint density at radius 2 is 2.19 bits per heavy atom. The van der Waals surface area contributed by atoms with Gasteiger partial charge in [-0.3, -0.25) is 4.90 Å². The number of hydrogen-bond donors (Lipinski definition) is 0. The van der Waals surface area contributed by atoms with Gasteiger partial charge in [0.15, 0.2) is 14.6 Å². The fourth-order valence-corrected chi connectivity index (χ4v) is 5.34. The summed E-state index contributed by atoms with van der Waals surface area (Å²) >= 11 is 11.5. The second-order valence-electron chi connectivity index (χ2n) is 6.66. The lowest BCUT2D eigenvalue weighted by Gasteiger charge is -2.17. The normalized spacial score (nSPS) is 19.3. The maximum absolute atomic E-state index is 14.0. The lowest BCUT2D eigenvalue weighted by molar-refractivity contribution is 0.240. The zero-order valence-electron chi connectivity index (χ0n) is 14.5. The van der Waals surface area contributed by atoms with Crippen molar-refractivity contribution in [2.24, 2.45) is 7.05 Å². The topological polar surface area (TPSA) is 60.1 Å². The van der Waals surface area contributed by atoms with Crippen LogP contribution in [0.2, 0.25) is 5.02 Å². The lowest BCUT2D eigenvalue weighted by Crippen LogP contribution is -2.23. The summed E-state index contributed by atoms with van der Waals surface area (Å²) in [6.07, 6.45) is 0.558. The predicted molar refractivity (Wildman–Crippen MR) is 101 cm³/mol. The summed E-state index contributed by atoms with van der Waals surface area (Å²) in [6.45, 7) is 0.647. The molecular weight excluding hydrogens is 399 g/mol. The van der Waals surface area contributed by atoms with Crippen LogP contribution >= 0.6 is 23.8 Å². The standard InChI is InChI=1S/C16H20ClFN4O2S2/c1-20(8-12-13(17)4-3-5-14(12)18)10-22-16(25)21(2)15(19-22)11-6-7-26(23,24)9-11/h3-5,11H,6-10H2,1-2H3/t11-/m0/s1. The minimum Gasteiger partial charge on any atom is -0.307 e. The molecular formula is C16H20ClFN4O2S2. The van der Waals surface area contributed by atoms with Crippen LogP contribution in [0.4, 0.5) is 4.39 Å². The molecule has 0 N–H and O–H groups in total. The Labute approximate surface area is 162 Å². The molecule has 0 radical (unpaired) electrons. The Hall–Kier alpha value is -1.29. The summed E-state index contributed by atoms with van der Waals surface area (Å²) < 4.78 is 41.3. The van der Waals surface area contributed by atoms with Gasteiger partial charge in [-0.05, 0) is 37.8 Å². The molecule has 1 aliphatic heterocycles. The van der Waals surface area contributed by atoms with E-state index in [0.29, 0.717) is 40.8 Å². The fourth-order valence-electron chi connectivity index (χ4n) is 3.18. The SMILES string of the molecule is CN(Cc1c(F)cccc1Cl)Cn1nc([C@H]2CCS(=O)(=O)C2)n(C)c1=S. The summed E-state index contributed by atoms with van der Waals surface area (Å²) in [7, 11) is 0.609. The van der Waals surface area contributed by atoms with Gasteiger partial charge in [-0.15, -0.1) is 0 Å². The fraction of sp³-hybridized carbons (Fsp3) is 0.500. The van der Waals surface area contributed by atoms with Crippen LogP contribution in [-0.4, -0.2) is 46.2 Å². The van der Waals surface area contributed by atoms with E-state index in [1.807, 2.05) is 11.9 Å². The lowest BCUT2D eigenvalue weighted by atomic mass is 10.1. The van der Waals surface area contributed by atoms with Gasteiger partial charge in [0.05, 0.1) is 18.2 Å². The average Bonchev–Trinajstić information content (AvgIpc) is 3.05. The van der Waals surface area contributed by atoms with Crippen molar-refractivity contribution in [3.8, 4) is 0 Å². The summed E-state index contributed by atoms with van der Waals surface area (Å²) in [5.74, 6) is 0.467. The van der Waals surface area contributed by atoms with E-state index in [2.05, 4.69) is 5.10 Å². The van der Waals surface area contributed by atoms with Crippen molar-refractivity contribution in [1.82, 2.24) is 19.2 Å². The highest BCUT2D eigenvalue weighted by Crippen LogP contribution is 2.27. The van der Waals surface area contributed by atoms with Crippen molar-refractivity contribution in [1.29, 1.82) is 0 Å². The first-order chi connectivity index (χ1) is 12.2. The van der Waals surface area contributed by atoms with Crippen LogP contribution in [0.25, 0.3) is 0 Å². The van der Waals surface area contributed by atoms with E-state index in [4.69, 9.17) is 23.8 Å². The monoisotopic (exact) mass is 418 g/mol. The van der Waals surface area contributed by atoms with E-state index in [0.717, 1.165) is 0 Å². The number of sulfone groups is 1. The molecule has 1 aromatic heterocycles. The molecule has 6 nitrogen and oxygen atoms in total. The van der Waals surface area contributed by atoms with Crippen molar-refractivity contribution in [3.05, 3.63) is 45.2 Å². The molecule has 1 aliphatic rings. The molecule has 26 heavy (non-hydrogen) atoms. The number of halogens is 2. The van der Waals surface area contributed by atoms with Crippen LogP contribution in [0.5, 0.6) is 0 Å². The molecule has 0 bridgehead atoms.